The molecule has 0 aromatic rings. The largest absolute Gasteiger partial charge is 0.466 e. The van der Waals surface area contributed by atoms with Crippen LogP contribution in [0.25, 0.3) is 0 Å². The van der Waals surface area contributed by atoms with Crippen LogP contribution in [0.15, 0.2) is 48.6 Å². The van der Waals surface area contributed by atoms with E-state index in [-0.39, 0.29) is 18.5 Å². The fourth-order valence-corrected chi connectivity index (χ4v) is 10.5. The van der Waals surface area contributed by atoms with Crippen molar-refractivity contribution in [1.29, 1.82) is 0 Å². The number of hydrogen-bond acceptors (Lipinski definition) is 5. The molecule has 0 saturated heterocycles. The number of nitrogens with one attached hydrogen (secondary N) is 1. The van der Waals surface area contributed by atoms with Crippen molar-refractivity contribution < 1.29 is 24.5 Å². The van der Waals surface area contributed by atoms with Gasteiger partial charge in [0, 0.05) is 12.8 Å². The topological polar surface area (TPSA) is 95.9 Å². The molecule has 6 nitrogen and oxygen atoms in total. The molecule has 0 heterocycles. The van der Waals surface area contributed by atoms with Gasteiger partial charge in [0.25, 0.3) is 0 Å². The minimum Gasteiger partial charge on any atom is -0.466 e. The van der Waals surface area contributed by atoms with Crippen LogP contribution < -0.4 is 5.32 Å². The van der Waals surface area contributed by atoms with E-state index in [4.69, 9.17) is 4.74 Å². The average Bonchev–Trinajstić information content (AvgIpc) is 3.43. The quantitative estimate of drug-likeness (QED) is 0.0320. The second kappa shape index (κ2) is 66.3. The van der Waals surface area contributed by atoms with Gasteiger partial charge in [0.05, 0.1) is 25.4 Å². The average molecular weight is 1080 g/mol. The minimum absolute atomic E-state index is 0.00375. The molecular formula is C71H133NO5. The summed E-state index contributed by atoms with van der Waals surface area (Å²) in [6.07, 6.45) is 86.1. The van der Waals surface area contributed by atoms with Crippen LogP contribution in [-0.4, -0.2) is 47.4 Å². The summed E-state index contributed by atoms with van der Waals surface area (Å²) in [7, 11) is 0. The number of ether oxygens (including phenoxy) is 1. The van der Waals surface area contributed by atoms with Gasteiger partial charge in [-0.15, -0.1) is 0 Å². The normalized spacial score (nSPS) is 12.8. The Morgan fingerprint density at radius 3 is 1.00 bits per heavy atom. The number of carbonyl (C=O) groups excluding carboxylic acids is 2. The predicted octanol–water partition coefficient (Wildman–Crippen LogP) is 22.1. The van der Waals surface area contributed by atoms with Gasteiger partial charge < -0.3 is 20.3 Å². The molecule has 0 rings (SSSR count). The zero-order valence-electron chi connectivity index (χ0n) is 51.7. The lowest BCUT2D eigenvalue weighted by atomic mass is 10.0. The smallest absolute Gasteiger partial charge is 0.305 e. The Balaban J connectivity index is 3.43. The standard InChI is InChI=1S/C71H133NO5/c1-3-5-7-9-11-13-15-17-19-36-39-43-47-51-55-59-63-69(74)68(67-73)72-70(75)64-60-56-52-48-44-40-37-33-31-29-27-25-23-21-20-22-24-26-28-30-32-34-38-42-46-50-54-58-62-66-77-71(76)65-61-57-53-49-45-41-35-18-16-14-12-10-8-6-4-2/h18,20,22,26,28,35,59,63,68-69,73-74H,3-17,19,21,23-25,27,29-34,36-58,60-62,64-67H2,1-2H3,(H,72,75)/b22-20-,28-26-,35-18-,63-59+. The number of unbranched alkanes of at least 4 members (excludes halogenated alkanes) is 47. The second-order valence-electron chi connectivity index (χ2n) is 23.5. The first kappa shape index (κ1) is 74.8. The molecule has 0 aliphatic carbocycles. The van der Waals surface area contributed by atoms with E-state index in [2.05, 4.69) is 55.6 Å². The Hall–Kier alpha value is -2.18. The number of rotatable bonds is 64. The molecule has 0 aliphatic rings. The number of esters is 1. The Kier molecular flexibility index (Phi) is 64.5. The number of amides is 1. The van der Waals surface area contributed by atoms with Crippen molar-refractivity contribution in [2.45, 2.75) is 379 Å². The Morgan fingerprint density at radius 1 is 0.364 bits per heavy atom. The maximum atomic E-state index is 12.5. The summed E-state index contributed by atoms with van der Waals surface area (Å²) in [5, 5.41) is 23.2. The fourth-order valence-electron chi connectivity index (χ4n) is 10.5. The second-order valence-corrected chi connectivity index (χ2v) is 23.5. The van der Waals surface area contributed by atoms with Gasteiger partial charge in [0.1, 0.15) is 0 Å². The first-order valence-corrected chi connectivity index (χ1v) is 34.4. The third kappa shape index (κ3) is 62.9. The SMILES string of the molecule is CCCCCCCC/C=C\CCCCCCCC(=O)OCCCCCCCCCCC/C=C\C/C=C\CCCCCCCCCCCCCCCC(=O)NC(CO)C(O)/C=C/CCCCCCCCCCCCCCCC. The van der Waals surface area contributed by atoms with E-state index in [0.29, 0.717) is 19.4 Å². The maximum Gasteiger partial charge on any atom is 0.305 e. The van der Waals surface area contributed by atoms with Gasteiger partial charge in [-0.05, 0) is 89.9 Å². The highest BCUT2D eigenvalue weighted by Crippen LogP contribution is 2.17. The van der Waals surface area contributed by atoms with E-state index >= 15 is 0 Å². The first-order valence-electron chi connectivity index (χ1n) is 34.4. The van der Waals surface area contributed by atoms with Crippen molar-refractivity contribution in [1.82, 2.24) is 5.32 Å². The molecule has 6 heteroatoms. The van der Waals surface area contributed by atoms with Crippen molar-refractivity contribution in [2.75, 3.05) is 13.2 Å². The van der Waals surface area contributed by atoms with Crippen LogP contribution in [-0.2, 0) is 14.3 Å². The number of aliphatic hydroxyl groups excluding tert-OH is 2. The van der Waals surface area contributed by atoms with E-state index in [0.717, 1.165) is 51.4 Å². The monoisotopic (exact) mass is 1080 g/mol. The summed E-state index contributed by atoms with van der Waals surface area (Å²) in [4.78, 5) is 24.5. The van der Waals surface area contributed by atoms with Crippen LogP contribution in [0.4, 0.5) is 0 Å². The number of allylic oxidation sites excluding steroid dienone is 7. The molecule has 0 saturated carbocycles. The van der Waals surface area contributed by atoms with Gasteiger partial charge in [-0.3, -0.25) is 9.59 Å². The lowest BCUT2D eigenvalue weighted by Gasteiger charge is -2.20. The maximum absolute atomic E-state index is 12.5. The third-order valence-electron chi connectivity index (χ3n) is 15.8. The van der Waals surface area contributed by atoms with Gasteiger partial charge in [-0.25, -0.2) is 0 Å². The molecule has 0 spiro atoms. The van der Waals surface area contributed by atoms with Gasteiger partial charge in [0.15, 0.2) is 0 Å². The van der Waals surface area contributed by atoms with Crippen LogP contribution >= 0.6 is 0 Å². The molecular weight excluding hydrogens is 947 g/mol. The lowest BCUT2D eigenvalue weighted by Crippen LogP contribution is -2.45. The van der Waals surface area contributed by atoms with Crippen molar-refractivity contribution in [2.24, 2.45) is 0 Å². The van der Waals surface area contributed by atoms with E-state index in [1.807, 2.05) is 6.08 Å². The van der Waals surface area contributed by atoms with Crippen LogP contribution in [0, 0.1) is 0 Å². The Labute approximate surface area is 480 Å². The molecule has 1 amide bonds. The third-order valence-corrected chi connectivity index (χ3v) is 15.8. The summed E-state index contributed by atoms with van der Waals surface area (Å²) >= 11 is 0. The van der Waals surface area contributed by atoms with Crippen molar-refractivity contribution in [3.63, 3.8) is 0 Å². The highest BCUT2D eigenvalue weighted by molar-refractivity contribution is 5.76. The van der Waals surface area contributed by atoms with Crippen LogP contribution in [0.3, 0.4) is 0 Å². The fraction of sp³-hybridized carbons (Fsp3) is 0.859. The zero-order valence-corrected chi connectivity index (χ0v) is 51.7. The van der Waals surface area contributed by atoms with Gasteiger partial charge in [-0.2, -0.15) is 0 Å². The molecule has 3 N–H and O–H groups in total. The van der Waals surface area contributed by atoms with Crippen molar-refractivity contribution in [3.05, 3.63) is 48.6 Å². The molecule has 0 bridgehead atoms. The Morgan fingerprint density at radius 2 is 0.649 bits per heavy atom. The van der Waals surface area contributed by atoms with Crippen molar-refractivity contribution >= 4 is 11.9 Å². The molecule has 0 aromatic carbocycles. The van der Waals surface area contributed by atoms with Gasteiger partial charge in [0.2, 0.25) is 5.91 Å². The molecule has 2 atom stereocenters. The van der Waals surface area contributed by atoms with Crippen LogP contribution in [0.2, 0.25) is 0 Å². The van der Waals surface area contributed by atoms with Crippen molar-refractivity contribution in [3.8, 4) is 0 Å². The number of hydrogen-bond donors (Lipinski definition) is 3. The van der Waals surface area contributed by atoms with Crippen LogP contribution in [0.5, 0.6) is 0 Å². The van der Waals surface area contributed by atoms with E-state index in [1.165, 1.54) is 289 Å². The predicted molar refractivity (Wildman–Crippen MR) is 338 cm³/mol. The summed E-state index contributed by atoms with van der Waals surface area (Å²) in [5.74, 6) is -0.0636. The number of aliphatic hydroxyl groups is 2. The summed E-state index contributed by atoms with van der Waals surface area (Å²) in [6, 6.07) is -0.629. The van der Waals surface area contributed by atoms with E-state index in [9.17, 15) is 19.8 Å². The molecule has 0 fully saturated rings. The summed E-state index contributed by atoms with van der Waals surface area (Å²) in [5.41, 5.74) is 0. The van der Waals surface area contributed by atoms with Gasteiger partial charge in [-0.1, -0.05) is 313 Å². The van der Waals surface area contributed by atoms with E-state index < -0.39 is 12.1 Å². The van der Waals surface area contributed by atoms with E-state index in [1.54, 1.807) is 6.08 Å². The first-order chi connectivity index (χ1) is 38.0. The minimum atomic E-state index is -0.846. The summed E-state index contributed by atoms with van der Waals surface area (Å²) in [6.45, 7) is 4.91. The highest BCUT2D eigenvalue weighted by Gasteiger charge is 2.18. The molecule has 0 aromatic heterocycles. The Bertz CT molecular complexity index is 1290. The zero-order chi connectivity index (χ0) is 55.7. The highest BCUT2D eigenvalue weighted by atomic mass is 16.5. The summed E-state index contributed by atoms with van der Waals surface area (Å²) < 4.78 is 5.48. The molecule has 0 radical (unpaired) electrons. The van der Waals surface area contributed by atoms with Gasteiger partial charge >= 0.3 is 5.97 Å². The number of carbonyl (C=O) groups is 2. The van der Waals surface area contributed by atoms with Crippen LogP contribution in [0.1, 0.15) is 367 Å². The molecule has 77 heavy (non-hydrogen) atoms. The molecule has 2 unspecified atom stereocenters. The lowest BCUT2D eigenvalue weighted by molar-refractivity contribution is -0.143. The molecule has 452 valence electrons. The molecule has 0 aliphatic heterocycles.